The zero-order valence-electron chi connectivity index (χ0n) is 11.2. The number of hydrogen-bond acceptors (Lipinski definition) is 3. The molecule has 1 aliphatic heterocycles. The summed E-state index contributed by atoms with van der Waals surface area (Å²) in [5.41, 5.74) is 2.79. The Morgan fingerprint density at radius 2 is 1.78 bits per heavy atom. The maximum Gasteiger partial charge on any atom is 0.244 e. The van der Waals surface area contributed by atoms with Gasteiger partial charge in [-0.3, -0.25) is 0 Å². The Bertz CT molecular complexity index is 543. The Morgan fingerprint density at radius 3 is 2.22 bits per heavy atom. The average molecular weight is 285 g/mol. The van der Waals surface area contributed by atoms with Crippen LogP contribution in [-0.2, 0) is 10.0 Å². The van der Waals surface area contributed by atoms with E-state index in [1.165, 1.54) is 0 Å². The number of nitrogens with zero attached hydrogens (tertiary/aromatic N) is 1. The Kier molecular flexibility index (Phi) is 3.76. The summed E-state index contributed by atoms with van der Waals surface area (Å²) in [4.78, 5) is 0.488. The van der Waals surface area contributed by atoms with Crippen molar-refractivity contribution >= 4 is 21.8 Å². The third-order valence-electron chi connectivity index (χ3n) is 3.25. The van der Waals surface area contributed by atoms with Gasteiger partial charge >= 0.3 is 0 Å². The van der Waals surface area contributed by atoms with Crippen LogP contribution in [0.4, 0.5) is 0 Å². The van der Waals surface area contributed by atoms with Crippen LogP contribution in [-0.4, -0.2) is 30.4 Å². The summed E-state index contributed by atoms with van der Waals surface area (Å²) in [6.45, 7) is 8.31. The smallest absolute Gasteiger partial charge is 0.207 e. The Labute approximate surface area is 114 Å². The van der Waals surface area contributed by atoms with Crippen LogP contribution in [0.3, 0.4) is 0 Å². The Balaban J connectivity index is 2.54. The van der Waals surface area contributed by atoms with E-state index in [9.17, 15) is 8.42 Å². The quantitative estimate of drug-likeness (QED) is 0.838. The van der Waals surface area contributed by atoms with Crippen LogP contribution >= 0.6 is 11.8 Å². The van der Waals surface area contributed by atoms with Crippen molar-refractivity contribution in [2.45, 2.75) is 38.0 Å². The molecular weight excluding hydrogens is 266 g/mol. The molecule has 1 unspecified atom stereocenters. The molecule has 0 aliphatic carbocycles. The molecule has 3 nitrogen and oxygen atoms in total. The average Bonchev–Trinajstić information content (AvgIpc) is 2.62. The first-order valence-electron chi connectivity index (χ1n) is 6.05. The second kappa shape index (κ2) is 4.87. The van der Waals surface area contributed by atoms with Crippen molar-refractivity contribution in [1.29, 1.82) is 0 Å². The predicted molar refractivity (Wildman–Crippen MR) is 76.5 cm³/mol. The summed E-state index contributed by atoms with van der Waals surface area (Å²) >= 11 is 1.69. The fraction of sp³-hybridized carbons (Fsp3) is 0.538. The molecule has 0 amide bonds. The van der Waals surface area contributed by atoms with E-state index in [1.54, 1.807) is 16.1 Å². The molecule has 2 rings (SSSR count). The fourth-order valence-corrected chi connectivity index (χ4v) is 6.03. The van der Waals surface area contributed by atoms with Gasteiger partial charge in [0.2, 0.25) is 10.0 Å². The van der Waals surface area contributed by atoms with Gasteiger partial charge in [0, 0.05) is 12.3 Å². The number of hydrogen-bond donors (Lipinski definition) is 0. The normalized spacial score (nSPS) is 21.4. The number of rotatable bonds is 2. The summed E-state index contributed by atoms with van der Waals surface area (Å²) in [5, 5.41) is 0.0371. The van der Waals surface area contributed by atoms with Crippen LogP contribution in [0, 0.1) is 20.8 Å². The summed E-state index contributed by atoms with van der Waals surface area (Å²) in [5.74, 6) is 0.879. The van der Waals surface area contributed by atoms with Gasteiger partial charge in [0.1, 0.15) is 0 Å². The summed E-state index contributed by atoms with van der Waals surface area (Å²) in [6, 6.07) is 3.88. The number of aryl methyl sites for hydroxylation is 3. The van der Waals surface area contributed by atoms with Crippen LogP contribution < -0.4 is 0 Å². The molecular formula is C13H19NO2S2. The molecule has 0 saturated carbocycles. The first-order valence-corrected chi connectivity index (χ1v) is 8.54. The SMILES string of the molecule is Cc1cc(C)c(S(=O)(=O)N2CCSC2C)c(C)c1. The Hall–Kier alpha value is -0.520. The molecule has 1 aromatic rings. The predicted octanol–water partition coefficient (Wildman–Crippen LogP) is 2.70. The lowest BCUT2D eigenvalue weighted by molar-refractivity contribution is 0.441. The third-order valence-corrected chi connectivity index (χ3v) is 6.81. The maximum absolute atomic E-state index is 12.7. The van der Waals surface area contributed by atoms with E-state index < -0.39 is 10.0 Å². The van der Waals surface area contributed by atoms with Gasteiger partial charge in [-0.05, 0) is 38.8 Å². The highest BCUT2D eigenvalue weighted by Crippen LogP contribution is 2.32. The molecule has 1 atom stereocenters. The lowest BCUT2D eigenvalue weighted by atomic mass is 10.1. The van der Waals surface area contributed by atoms with Crippen LogP contribution in [0.5, 0.6) is 0 Å². The van der Waals surface area contributed by atoms with Gasteiger partial charge in [-0.1, -0.05) is 17.7 Å². The van der Waals surface area contributed by atoms with Gasteiger partial charge in [-0.2, -0.15) is 4.31 Å². The molecule has 0 N–H and O–H groups in total. The second-order valence-corrected chi connectivity index (χ2v) is 8.06. The van der Waals surface area contributed by atoms with Crippen molar-refractivity contribution in [2.24, 2.45) is 0 Å². The minimum absolute atomic E-state index is 0.0371. The first-order chi connectivity index (χ1) is 8.34. The molecule has 1 heterocycles. The highest BCUT2D eigenvalue weighted by Gasteiger charge is 2.34. The van der Waals surface area contributed by atoms with Gasteiger partial charge in [0.25, 0.3) is 0 Å². The van der Waals surface area contributed by atoms with Gasteiger partial charge < -0.3 is 0 Å². The van der Waals surface area contributed by atoms with Crippen LogP contribution in [0.25, 0.3) is 0 Å². The molecule has 1 aromatic carbocycles. The van der Waals surface area contributed by atoms with E-state index in [4.69, 9.17) is 0 Å². The van der Waals surface area contributed by atoms with E-state index in [0.717, 1.165) is 22.4 Å². The fourth-order valence-electron chi connectivity index (χ4n) is 2.58. The molecule has 1 saturated heterocycles. The van der Waals surface area contributed by atoms with Crippen LogP contribution in [0.1, 0.15) is 23.6 Å². The lowest BCUT2D eigenvalue weighted by Crippen LogP contribution is -2.34. The van der Waals surface area contributed by atoms with Gasteiger partial charge in [0.15, 0.2) is 0 Å². The highest BCUT2D eigenvalue weighted by atomic mass is 32.2. The molecule has 5 heteroatoms. The van der Waals surface area contributed by atoms with Gasteiger partial charge in [0.05, 0.1) is 10.3 Å². The topological polar surface area (TPSA) is 37.4 Å². The zero-order chi connectivity index (χ0) is 13.5. The van der Waals surface area contributed by atoms with Crippen molar-refractivity contribution in [1.82, 2.24) is 4.31 Å². The van der Waals surface area contributed by atoms with E-state index in [-0.39, 0.29) is 5.37 Å². The Morgan fingerprint density at radius 1 is 1.22 bits per heavy atom. The van der Waals surface area contributed by atoms with Crippen molar-refractivity contribution < 1.29 is 8.42 Å². The minimum atomic E-state index is -3.35. The summed E-state index contributed by atoms with van der Waals surface area (Å²) in [6.07, 6.45) is 0. The molecule has 0 radical (unpaired) electrons. The molecule has 18 heavy (non-hydrogen) atoms. The molecule has 1 aliphatic rings. The zero-order valence-corrected chi connectivity index (χ0v) is 12.9. The van der Waals surface area contributed by atoms with E-state index in [2.05, 4.69) is 0 Å². The van der Waals surface area contributed by atoms with Crippen LogP contribution in [0.15, 0.2) is 17.0 Å². The van der Waals surface area contributed by atoms with Crippen molar-refractivity contribution in [3.63, 3.8) is 0 Å². The van der Waals surface area contributed by atoms with E-state index in [0.29, 0.717) is 11.4 Å². The van der Waals surface area contributed by atoms with Crippen LogP contribution in [0.2, 0.25) is 0 Å². The van der Waals surface area contributed by atoms with Crippen molar-refractivity contribution in [3.8, 4) is 0 Å². The van der Waals surface area contributed by atoms with Gasteiger partial charge in [-0.15, -0.1) is 11.8 Å². The van der Waals surface area contributed by atoms with E-state index in [1.807, 2.05) is 39.8 Å². The van der Waals surface area contributed by atoms with E-state index >= 15 is 0 Å². The first kappa shape index (κ1) is 13.9. The molecule has 0 aromatic heterocycles. The maximum atomic E-state index is 12.7. The van der Waals surface area contributed by atoms with Crippen molar-refractivity contribution in [3.05, 3.63) is 28.8 Å². The molecule has 0 spiro atoms. The monoisotopic (exact) mass is 285 g/mol. The number of sulfonamides is 1. The highest BCUT2D eigenvalue weighted by molar-refractivity contribution is 8.01. The largest absolute Gasteiger partial charge is 0.244 e. The number of thioether (sulfide) groups is 1. The molecule has 1 fully saturated rings. The summed E-state index contributed by atoms with van der Waals surface area (Å²) in [7, 11) is -3.35. The number of benzene rings is 1. The van der Waals surface area contributed by atoms with Gasteiger partial charge in [-0.25, -0.2) is 8.42 Å². The third kappa shape index (κ3) is 2.31. The minimum Gasteiger partial charge on any atom is -0.207 e. The van der Waals surface area contributed by atoms with Crippen molar-refractivity contribution in [2.75, 3.05) is 12.3 Å². The molecule has 100 valence electrons. The lowest BCUT2D eigenvalue weighted by Gasteiger charge is -2.22. The molecule has 0 bridgehead atoms. The summed E-state index contributed by atoms with van der Waals surface area (Å²) < 4.78 is 27.0. The second-order valence-electron chi connectivity index (χ2n) is 4.81. The standard InChI is InChI=1S/C13H19NO2S2/c1-9-7-10(2)13(11(3)8-9)18(15,16)14-5-6-17-12(14)4/h7-8,12H,5-6H2,1-4H3.